The molecule has 134 valence electrons. The van der Waals surface area contributed by atoms with Crippen molar-refractivity contribution in [3.63, 3.8) is 0 Å². The van der Waals surface area contributed by atoms with Crippen molar-refractivity contribution < 1.29 is 19.0 Å². The third-order valence-electron chi connectivity index (χ3n) is 4.00. The quantitative estimate of drug-likeness (QED) is 0.703. The van der Waals surface area contributed by atoms with Gasteiger partial charge in [0, 0.05) is 6.54 Å². The molecule has 1 amide bonds. The van der Waals surface area contributed by atoms with Gasteiger partial charge in [-0.05, 0) is 56.6 Å². The highest BCUT2D eigenvalue weighted by atomic mass is 16.5. The number of rotatable bonds is 9. The van der Waals surface area contributed by atoms with Crippen molar-refractivity contribution in [3.8, 4) is 11.5 Å². The Bertz CT molecular complexity index is 472. The zero-order chi connectivity index (χ0) is 17.0. The number of ether oxygens (including phenoxy) is 3. The summed E-state index contributed by atoms with van der Waals surface area (Å²) in [5.41, 5.74) is 0. The van der Waals surface area contributed by atoms with Crippen LogP contribution in [0.5, 0.6) is 11.5 Å². The van der Waals surface area contributed by atoms with Gasteiger partial charge in [-0.3, -0.25) is 0 Å². The fourth-order valence-electron chi connectivity index (χ4n) is 2.68. The molecule has 1 heterocycles. The first-order chi connectivity index (χ1) is 11.8. The van der Waals surface area contributed by atoms with Crippen molar-refractivity contribution in [3.05, 3.63) is 24.3 Å². The molecule has 1 aromatic rings. The minimum atomic E-state index is -0.382. The summed E-state index contributed by atoms with van der Waals surface area (Å²) in [7, 11) is 1.62. The van der Waals surface area contributed by atoms with E-state index in [1.165, 1.54) is 32.4 Å². The number of nitrogens with zero attached hydrogens (tertiary/aromatic N) is 1. The summed E-state index contributed by atoms with van der Waals surface area (Å²) >= 11 is 0. The summed E-state index contributed by atoms with van der Waals surface area (Å²) in [6.45, 7) is 4.63. The van der Waals surface area contributed by atoms with Crippen LogP contribution in [0, 0.1) is 0 Å². The van der Waals surface area contributed by atoms with Gasteiger partial charge < -0.3 is 24.4 Å². The molecule has 1 fully saturated rings. The molecule has 2 rings (SSSR count). The number of carbonyl (C=O) groups is 1. The number of nitrogens with one attached hydrogen (secondary N) is 1. The summed E-state index contributed by atoms with van der Waals surface area (Å²) in [5.74, 6) is 1.53. The van der Waals surface area contributed by atoms with Crippen LogP contribution >= 0.6 is 0 Å². The summed E-state index contributed by atoms with van der Waals surface area (Å²) in [6.07, 6.45) is 4.42. The molecule has 0 saturated carbocycles. The molecule has 0 aromatic heterocycles. The molecule has 0 unspecified atom stereocenters. The Morgan fingerprint density at radius 1 is 1.08 bits per heavy atom. The number of hydrogen-bond donors (Lipinski definition) is 1. The second kappa shape index (κ2) is 10.8. The summed E-state index contributed by atoms with van der Waals surface area (Å²) in [4.78, 5) is 14.0. The molecule has 1 aromatic carbocycles. The van der Waals surface area contributed by atoms with Crippen molar-refractivity contribution in [2.75, 3.05) is 46.5 Å². The van der Waals surface area contributed by atoms with Crippen molar-refractivity contribution in [2.24, 2.45) is 0 Å². The van der Waals surface area contributed by atoms with Gasteiger partial charge in [0.1, 0.15) is 18.1 Å². The maximum atomic E-state index is 11.6. The highest BCUT2D eigenvalue weighted by Crippen LogP contribution is 2.16. The smallest absolute Gasteiger partial charge is 0.407 e. The first kappa shape index (κ1) is 18.4. The van der Waals surface area contributed by atoms with E-state index in [1.54, 1.807) is 7.11 Å². The number of alkyl carbamates (subject to hydrolysis) is 1. The Balaban J connectivity index is 1.47. The van der Waals surface area contributed by atoms with Gasteiger partial charge in [-0.25, -0.2) is 4.79 Å². The SMILES string of the molecule is COc1ccc(OCCNC(=O)OCCCN2CCCCC2)cc1. The first-order valence-corrected chi connectivity index (χ1v) is 8.68. The Kier molecular flexibility index (Phi) is 8.24. The standard InChI is InChI=1S/C18H28N2O4/c1-22-16-6-8-17(9-7-16)23-15-10-19-18(21)24-14-5-13-20-11-3-2-4-12-20/h6-9H,2-5,10-15H2,1H3,(H,19,21). The molecule has 0 bridgehead atoms. The molecule has 1 aliphatic rings. The van der Waals surface area contributed by atoms with Crippen molar-refractivity contribution in [2.45, 2.75) is 25.7 Å². The lowest BCUT2D eigenvalue weighted by atomic mass is 10.1. The van der Waals surface area contributed by atoms with E-state index in [0.717, 1.165) is 24.5 Å². The molecule has 1 saturated heterocycles. The van der Waals surface area contributed by atoms with Crippen LogP contribution in [0.2, 0.25) is 0 Å². The molecule has 0 spiro atoms. The highest BCUT2D eigenvalue weighted by Gasteiger charge is 2.09. The molecule has 6 heteroatoms. The average molecular weight is 336 g/mol. The van der Waals surface area contributed by atoms with Crippen LogP contribution in [0.3, 0.4) is 0 Å². The Morgan fingerprint density at radius 3 is 2.50 bits per heavy atom. The number of benzene rings is 1. The minimum Gasteiger partial charge on any atom is -0.497 e. The molecule has 0 aliphatic carbocycles. The number of piperidine rings is 1. The average Bonchev–Trinajstić information content (AvgIpc) is 2.64. The largest absolute Gasteiger partial charge is 0.497 e. The van der Waals surface area contributed by atoms with E-state index in [-0.39, 0.29) is 6.09 Å². The number of carbonyl (C=O) groups excluding carboxylic acids is 1. The monoisotopic (exact) mass is 336 g/mol. The van der Waals surface area contributed by atoms with Crippen LogP contribution in [0.4, 0.5) is 4.79 Å². The predicted octanol–water partition coefficient (Wildman–Crippen LogP) is 2.68. The van der Waals surface area contributed by atoms with Crippen LogP contribution < -0.4 is 14.8 Å². The van der Waals surface area contributed by atoms with Crippen LogP contribution in [0.15, 0.2) is 24.3 Å². The van der Waals surface area contributed by atoms with Gasteiger partial charge in [-0.15, -0.1) is 0 Å². The van der Waals surface area contributed by atoms with Gasteiger partial charge in [0.2, 0.25) is 0 Å². The molecule has 0 atom stereocenters. The Morgan fingerprint density at radius 2 is 1.79 bits per heavy atom. The van der Waals surface area contributed by atoms with E-state index >= 15 is 0 Å². The van der Waals surface area contributed by atoms with Gasteiger partial charge in [0.25, 0.3) is 0 Å². The summed E-state index contributed by atoms with van der Waals surface area (Å²) < 4.78 is 15.8. The zero-order valence-electron chi connectivity index (χ0n) is 14.5. The number of likely N-dealkylation sites (tertiary alicyclic amines) is 1. The van der Waals surface area contributed by atoms with E-state index in [2.05, 4.69) is 10.2 Å². The molecule has 1 N–H and O–H groups in total. The summed E-state index contributed by atoms with van der Waals surface area (Å²) in [6, 6.07) is 7.33. The lowest BCUT2D eigenvalue weighted by Crippen LogP contribution is -2.32. The topological polar surface area (TPSA) is 60.0 Å². The van der Waals surface area contributed by atoms with E-state index in [0.29, 0.717) is 19.8 Å². The molecule has 0 radical (unpaired) electrons. The van der Waals surface area contributed by atoms with Crippen LogP contribution in [0.1, 0.15) is 25.7 Å². The maximum absolute atomic E-state index is 11.6. The predicted molar refractivity (Wildman–Crippen MR) is 92.7 cm³/mol. The van der Waals surface area contributed by atoms with Crippen LogP contribution in [-0.2, 0) is 4.74 Å². The maximum Gasteiger partial charge on any atom is 0.407 e. The van der Waals surface area contributed by atoms with Gasteiger partial charge in [0.05, 0.1) is 20.3 Å². The lowest BCUT2D eigenvalue weighted by Gasteiger charge is -2.26. The lowest BCUT2D eigenvalue weighted by molar-refractivity contribution is 0.133. The highest BCUT2D eigenvalue weighted by molar-refractivity contribution is 5.67. The molecular formula is C18H28N2O4. The second-order valence-electron chi connectivity index (χ2n) is 5.84. The van der Waals surface area contributed by atoms with E-state index in [9.17, 15) is 4.79 Å². The fraction of sp³-hybridized carbons (Fsp3) is 0.611. The zero-order valence-corrected chi connectivity index (χ0v) is 14.5. The van der Waals surface area contributed by atoms with Crippen molar-refractivity contribution >= 4 is 6.09 Å². The number of methoxy groups -OCH3 is 1. The molecule has 24 heavy (non-hydrogen) atoms. The number of hydrogen-bond acceptors (Lipinski definition) is 5. The third kappa shape index (κ3) is 7.08. The van der Waals surface area contributed by atoms with Crippen LogP contribution in [-0.4, -0.2) is 57.5 Å². The Labute approximate surface area is 144 Å². The van der Waals surface area contributed by atoms with Crippen LogP contribution in [0.25, 0.3) is 0 Å². The molecular weight excluding hydrogens is 308 g/mol. The normalized spacial score (nSPS) is 14.9. The van der Waals surface area contributed by atoms with E-state index < -0.39 is 0 Å². The van der Waals surface area contributed by atoms with Gasteiger partial charge in [-0.1, -0.05) is 6.42 Å². The van der Waals surface area contributed by atoms with E-state index in [1.807, 2.05) is 24.3 Å². The third-order valence-corrected chi connectivity index (χ3v) is 4.00. The summed E-state index contributed by atoms with van der Waals surface area (Å²) in [5, 5.41) is 2.69. The van der Waals surface area contributed by atoms with Gasteiger partial charge in [0.15, 0.2) is 0 Å². The molecule has 6 nitrogen and oxygen atoms in total. The van der Waals surface area contributed by atoms with Gasteiger partial charge in [-0.2, -0.15) is 0 Å². The molecule has 1 aliphatic heterocycles. The van der Waals surface area contributed by atoms with Crippen molar-refractivity contribution in [1.82, 2.24) is 10.2 Å². The Hall–Kier alpha value is -1.95. The fourth-order valence-corrected chi connectivity index (χ4v) is 2.68. The second-order valence-corrected chi connectivity index (χ2v) is 5.84. The van der Waals surface area contributed by atoms with Gasteiger partial charge >= 0.3 is 6.09 Å². The minimum absolute atomic E-state index is 0.382. The van der Waals surface area contributed by atoms with Crippen molar-refractivity contribution in [1.29, 1.82) is 0 Å². The first-order valence-electron chi connectivity index (χ1n) is 8.68. The van der Waals surface area contributed by atoms with E-state index in [4.69, 9.17) is 14.2 Å². The number of amides is 1.